The maximum atomic E-state index is 12.7. The first-order chi connectivity index (χ1) is 18.4. The normalized spacial score (nSPS) is 13.9. The molecule has 9 nitrogen and oxygen atoms in total. The number of fused-ring (bicyclic) bond motifs is 1. The van der Waals surface area contributed by atoms with Crippen molar-refractivity contribution in [3.63, 3.8) is 0 Å². The zero-order valence-electron chi connectivity index (χ0n) is 21.1. The van der Waals surface area contributed by atoms with Crippen LogP contribution >= 0.6 is 0 Å². The fourth-order valence-electron chi connectivity index (χ4n) is 4.12. The molecule has 1 unspecified atom stereocenters. The molecule has 3 aromatic rings. The molecule has 0 amide bonds. The summed E-state index contributed by atoms with van der Waals surface area (Å²) in [6.07, 6.45) is 1.63. The summed E-state index contributed by atoms with van der Waals surface area (Å²) in [7, 11) is 4.53. The summed E-state index contributed by atoms with van der Waals surface area (Å²) >= 11 is 0. The van der Waals surface area contributed by atoms with Crippen LogP contribution in [0, 0.1) is 11.3 Å². The Morgan fingerprint density at radius 1 is 1.03 bits per heavy atom. The van der Waals surface area contributed by atoms with E-state index in [9.17, 15) is 10.1 Å². The van der Waals surface area contributed by atoms with E-state index >= 15 is 0 Å². The Bertz CT molecular complexity index is 1410. The van der Waals surface area contributed by atoms with E-state index in [1.165, 1.54) is 21.3 Å². The minimum Gasteiger partial charge on any atom is -0.493 e. The van der Waals surface area contributed by atoms with E-state index in [1.54, 1.807) is 60.7 Å². The van der Waals surface area contributed by atoms with Crippen LogP contribution in [0.2, 0.25) is 0 Å². The minimum absolute atomic E-state index is 0.0580. The summed E-state index contributed by atoms with van der Waals surface area (Å²) in [4.78, 5) is 12.7. The number of carbonyl (C=O) groups excluding carboxylic acids is 1. The highest BCUT2D eigenvalue weighted by atomic mass is 16.5. The fraction of sp³-hybridized carbons (Fsp3) is 0.172. The average Bonchev–Trinajstić information content (AvgIpc) is 2.94. The van der Waals surface area contributed by atoms with E-state index in [0.29, 0.717) is 52.0 Å². The lowest BCUT2D eigenvalue weighted by Gasteiger charge is -2.27. The average molecular weight is 515 g/mol. The zero-order valence-corrected chi connectivity index (χ0v) is 21.1. The van der Waals surface area contributed by atoms with Crippen LogP contribution in [0.25, 0.3) is 0 Å². The van der Waals surface area contributed by atoms with Crippen molar-refractivity contribution < 1.29 is 33.2 Å². The third-order valence-corrected chi connectivity index (χ3v) is 5.88. The highest BCUT2D eigenvalue weighted by Gasteiger charge is 2.32. The molecular formula is C29H26N2O7. The van der Waals surface area contributed by atoms with E-state index in [1.807, 2.05) is 0 Å². The first-order valence-electron chi connectivity index (χ1n) is 11.5. The predicted octanol–water partition coefficient (Wildman–Crippen LogP) is 4.71. The molecule has 0 fully saturated rings. The number of ether oxygens (including phenoxy) is 6. The number of methoxy groups -OCH3 is 3. The summed E-state index contributed by atoms with van der Waals surface area (Å²) in [5.41, 5.74) is 8.02. The van der Waals surface area contributed by atoms with Crippen LogP contribution in [0.15, 0.2) is 78.7 Å². The van der Waals surface area contributed by atoms with E-state index in [2.05, 4.69) is 12.6 Å². The van der Waals surface area contributed by atoms with Crippen LogP contribution in [-0.2, 0) is 0 Å². The van der Waals surface area contributed by atoms with Gasteiger partial charge in [0.25, 0.3) is 0 Å². The molecule has 9 heteroatoms. The van der Waals surface area contributed by atoms with Crippen LogP contribution in [-0.4, -0.2) is 33.9 Å². The Balaban J connectivity index is 1.67. The molecule has 1 aliphatic heterocycles. The molecule has 3 aromatic carbocycles. The standard InChI is InChI=1S/C29H26N2O7/c1-5-12-36-19-8-6-17(7-9-19)29(32)37-20-10-11-21-23(15-20)38-28(31)22(16-30)26(21)18-13-24(33-2)27(35-4)25(14-18)34-3/h5-11,13-15,26H,1,12,31H2,2-4H3. The molecule has 0 aromatic heterocycles. The quantitative estimate of drug-likeness (QED) is 0.246. The highest BCUT2D eigenvalue weighted by molar-refractivity contribution is 5.91. The fourth-order valence-corrected chi connectivity index (χ4v) is 4.12. The van der Waals surface area contributed by atoms with Crippen molar-refractivity contribution in [2.45, 2.75) is 5.92 Å². The van der Waals surface area contributed by atoms with Crippen molar-refractivity contribution >= 4 is 5.97 Å². The highest BCUT2D eigenvalue weighted by Crippen LogP contribution is 2.47. The predicted molar refractivity (Wildman–Crippen MR) is 139 cm³/mol. The third-order valence-electron chi connectivity index (χ3n) is 5.88. The van der Waals surface area contributed by atoms with Crippen LogP contribution in [0.5, 0.6) is 34.5 Å². The lowest BCUT2D eigenvalue weighted by Crippen LogP contribution is -2.21. The molecule has 0 saturated carbocycles. The third kappa shape index (κ3) is 5.06. The maximum absolute atomic E-state index is 12.7. The number of nitrogens with two attached hydrogens (primary N) is 1. The van der Waals surface area contributed by atoms with Gasteiger partial charge in [0, 0.05) is 11.6 Å². The number of allylic oxidation sites excluding steroid dienone is 1. The van der Waals surface area contributed by atoms with Gasteiger partial charge in [-0.15, -0.1) is 0 Å². The number of nitrogens with zero attached hydrogens (tertiary/aromatic N) is 1. The molecule has 38 heavy (non-hydrogen) atoms. The number of rotatable bonds is 9. The summed E-state index contributed by atoms with van der Waals surface area (Å²) in [5.74, 6) is 1.27. The van der Waals surface area contributed by atoms with Gasteiger partial charge in [0.05, 0.1) is 32.8 Å². The van der Waals surface area contributed by atoms with Crippen molar-refractivity contribution in [3.05, 3.63) is 95.4 Å². The Hall–Kier alpha value is -5.10. The summed E-state index contributed by atoms with van der Waals surface area (Å²) in [5, 5.41) is 9.90. The van der Waals surface area contributed by atoms with Crippen LogP contribution in [0.3, 0.4) is 0 Å². The van der Waals surface area contributed by atoms with Gasteiger partial charge in [-0.1, -0.05) is 18.7 Å². The Kier molecular flexibility index (Phi) is 7.73. The lowest BCUT2D eigenvalue weighted by atomic mass is 9.83. The van der Waals surface area contributed by atoms with Crippen LogP contribution in [0.4, 0.5) is 0 Å². The van der Waals surface area contributed by atoms with Gasteiger partial charge in [-0.25, -0.2) is 4.79 Å². The first kappa shape index (κ1) is 26.0. The molecule has 0 radical (unpaired) electrons. The topological polar surface area (TPSA) is 122 Å². The van der Waals surface area contributed by atoms with Gasteiger partial charge in [0.1, 0.15) is 35.5 Å². The minimum atomic E-state index is -0.592. The van der Waals surface area contributed by atoms with Gasteiger partial charge >= 0.3 is 5.97 Å². The molecule has 0 bridgehead atoms. The van der Waals surface area contributed by atoms with Gasteiger partial charge in [-0.3, -0.25) is 0 Å². The number of carbonyl (C=O) groups is 1. The first-order valence-corrected chi connectivity index (χ1v) is 11.5. The van der Waals surface area contributed by atoms with E-state index < -0.39 is 11.9 Å². The van der Waals surface area contributed by atoms with Crippen molar-refractivity contribution in [2.24, 2.45) is 5.73 Å². The number of esters is 1. The van der Waals surface area contributed by atoms with E-state index in [4.69, 9.17) is 34.2 Å². The van der Waals surface area contributed by atoms with Crippen LogP contribution < -0.4 is 34.2 Å². The molecule has 2 N–H and O–H groups in total. The summed E-state index contributed by atoms with van der Waals surface area (Å²) in [6.45, 7) is 3.97. The van der Waals surface area contributed by atoms with Crippen LogP contribution in [0.1, 0.15) is 27.4 Å². The molecule has 0 spiro atoms. The Labute approximate surface area is 220 Å². The largest absolute Gasteiger partial charge is 0.493 e. The zero-order chi connectivity index (χ0) is 27.2. The molecule has 0 saturated heterocycles. The van der Waals surface area contributed by atoms with Crippen molar-refractivity contribution in [2.75, 3.05) is 27.9 Å². The monoisotopic (exact) mass is 514 g/mol. The smallest absolute Gasteiger partial charge is 0.343 e. The van der Waals surface area contributed by atoms with Crippen molar-refractivity contribution in [3.8, 4) is 40.6 Å². The molecule has 1 aliphatic rings. The summed E-state index contributed by atoms with van der Waals surface area (Å²) in [6, 6.07) is 17.1. The second-order valence-electron chi connectivity index (χ2n) is 8.10. The Morgan fingerprint density at radius 2 is 1.68 bits per heavy atom. The van der Waals surface area contributed by atoms with Gasteiger partial charge < -0.3 is 34.2 Å². The molecule has 0 aliphatic carbocycles. The van der Waals surface area contributed by atoms with Gasteiger partial charge in [0.15, 0.2) is 11.5 Å². The maximum Gasteiger partial charge on any atom is 0.343 e. The molecule has 4 rings (SSSR count). The number of hydrogen-bond acceptors (Lipinski definition) is 9. The van der Waals surface area contributed by atoms with E-state index in [-0.39, 0.29) is 17.2 Å². The van der Waals surface area contributed by atoms with Crippen molar-refractivity contribution in [1.82, 2.24) is 0 Å². The second-order valence-corrected chi connectivity index (χ2v) is 8.10. The number of benzene rings is 3. The molecule has 194 valence electrons. The summed E-state index contributed by atoms with van der Waals surface area (Å²) < 4.78 is 33.2. The van der Waals surface area contributed by atoms with Gasteiger partial charge in [-0.05, 0) is 48.0 Å². The Morgan fingerprint density at radius 3 is 2.26 bits per heavy atom. The van der Waals surface area contributed by atoms with Gasteiger partial charge in [0.2, 0.25) is 11.6 Å². The molecular weight excluding hydrogens is 488 g/mol. The number of nitriles is 1. The number of hydrogen-bond donors (Lipinski definition) is 1. The SMILES string of the molecule is C=CCOc1ccc(C(=O)Oc2ccc3c(c2)OC(N)=C(C#N)C3c2cc(OC)c(OC)c(OC)c2)cc1. The van der Waals surface area contributed by atoms with Crippen molar-refractivity contribution in [1.29, 1.82) is 5.26 Å². The lowest BCUT2D eigenvalue weighted by molar-refractivity contribution is 0.0734. The van der Waals surface area contributed by atoms with E-state index in [0.717, 1.165) is 0 Å². The molecule has 1 heterocycles. The van der Waals surface area contributed by atoms with Gasteiger partial charge in [-0.2, -0.15) is 5.26 Å². The second kappa shape index (κ2) is 11.3. The molecule has 1 atom stereocenters.